The van der Waals surface area contributed by atoms with Gasteiger partial charge in [-0.05, 0) is 22.4 Å². The van der Waals surface area contributed by atoms with E-state index in [-0.39, 0.29) is 6.10 Å². The highest BCUT2D eigenvalue weighted by atomic mass is 32.2. The van der Waals surface area contributed by atoms with Gasteiger partial charge in [-0.25, -0.2) is 0 Å². The molecule has 0 saturated heterocycles. The van der Waals surface area contributed by atoms with Gasteiger partial charge in [0.1, 0.15) is 0 Å². The van der Waals surface area contributed by atoms with Crippen LogP contribution in [-0.4, -0.2) is 16.6 Å². The van der Waals surface area contributed by atoms with E-state index >= 15 is 0 Å². The fourth-order valence-corrected chi connectivity index (χ4v) is 2.51. The summed E-state index contributed by atoms with van der Waals surface area (Å²) in [5, 5.41) is 9.99. The van der Waals surface area contributed by atoms with Crippen LogP contribution in [0.15, 0.2) is 54.6 Å². The first-order chi connectivity index (χ1) is 8.81. The van der Waals surface area contributed by atoms with Crippen molar-refractivity contribution in [1.29, 1.82) is 0 Å². The zero-order chi connectivity index (χ0) is 12.8. The van der Waals surface area contributed by atoms with E-state index in [1.165, 1.54) is 11.1 Å². The molecule has 0 aromatic heterocycles. The zero-order valence-corrected chi connectivity index (χ0v) is 11.4. The summed E-state index contributed by atoms with van der Waals surface area (Å²) in [4.78, 5) is 0. The molecule has 0 radical (unpaired) electrons. The highest BCUT2D eigenvalue weighted by Crippen LogP contribution is 2.23. The summed E-state index contributed by atoms with van der Waals surface area (Å²) in [6.07, 6.45) is -0.361. The highest BCUT2D eigenvalue weighted by molar-refractivity contribution is 7.99. The molecule has 2 rings (SSSR count). The Hall–Kier alpha value is -1.25. The van der Waals surface area contributed by atoms with Gasteiger partial charge in [-0.1, -0.05) is 61.5 Å². The van der Waals surface area contributed by atoms with Crippen molar-refractivity contribution >= 4 is 11.8 Å². The van der Waals surface area contributed by atoms with Crippen molar-refractivity contribution in [3.05, 3.63) is 60.2 Å². The van der Waals surface area contributed by atoms with Crippen molar-refractivity contribution in [2.24, 2.45) is 0 Å². The standard InChI is InChI=1S/C16H18OS/c1-2-18-12-16(17)15-10-8-14(9-11-15)13-6-4-3-5-7-13/h3-11,16-17H,2,12H2,1H3. The SMILES string of the molecule is CCSCC(O)c1ccc(-c2ccccc2)cc1. The predicted octanol–water partition coefficient (Wildman–Crippen LogP) is 4.14. The molecule has 1 N–H and O–H groups in total. The summed E-state index contributed by atoms with van der Waals surface area (Å²) >= 11 is 1.76. The van der Waals surface area contributed by atoms with Crippen molar-refractivity contribution in [3.63, 3.8) is 0 Å². The van der Waals surface area contributed by atoms with Crippen molar-refractivity contribution in [2.75, 3.05) is 11.5 Å². The van der Waals surface area contributed by atoms with Gasteiger partial charge in [0.25, 0.3) is 0 Å². The molecule has 1 unspecified atom stereocenters. The second-order valence-corrected chi connectivity index (χ2v) is 5.48. The van der Waals surface area contributed by atoms with Gasteiger partial charge in [-0.3, -0.25) is 0 Å². The fourth-order valence-electron chi connectivity index (χ4n) is 1.85. The van der Waals surface area contributed by atoms with E-state index in [1.807, 2.05) is 30.3 Å². The van der Waals surface area contributed by atoms with E-state index in [2.05, 4.69) is 31.2 Å². The summed E-state index contributed by atoms with van der Waals surface area (Å²) in [5.41, 5.74) is 3.40. The molecule has 2 aromatic carbocycles. The largest absolute Gasteiger partial charge is 0.388 e. The smallest absolute Gasteiger partial charge is 0.0880 e. The predicted molar refractivity (Wildman–Crippen MR) is 79.8 cm³/mol. The van der Waals surface area contributed by atoms with Gasteiger partial charge in [-0.15, -0.1) is 0 Å². The summed E-state index contributed by atoms with van der Waals surface area (Å²) in [6.45, 7) is 2.11. The summed E-state index contributed by atoms with van der Waals surface area (Å²) in [6, 6.07) is 18.5. The lowest BCUT2D eigenvalue weighted by atomic mass is 10.0. The van der Waals surface area contributed by atoms with Gasteiger partial charge in [0, 0.05) is 5.75 Å². The molecule has 18 heavy (non-hydrogen) atoms. The molecule has 0 spiro atoms. The molecule has 0 fully saturated rings. The number of aliphatic hydroxyl groups is 1. The van der Waals surface area contributed by atoms with E-state index in [0.29, 0.717) is 0 Å². The van der Waals surface area contributed by atoms with Crippen LogP contribution in [0.2, 0.25) is 0 Å². The molecule has 0 amide bonds. The highest BCUT2D eigenvalue weighted by Gasteiger charge is 2.07. The molecular formula is C16H18OS. The Morgan fingerprint density at radius 1 is 0.944 bits per heavy atom. The van der Waals surface area contributed by atoms with Crippen LogP contribution >= 0.6 is 11.8 Å². The minimum Gasteiger partial charge on any atom is -0.388 e. The number of hydrogen-bond donors (Lipinski definition) is 1. The van der Waals surface area contributed by atoms with Crippen LogP contribution in [0.4, 0.5) is 0 Å². The van der Waals surface area contributed by atoms with Gasteiger partial charge in [0.05, 0.1) is 6.10 Å². The number of rotatable bonds is 5. The third-order valence-corrected chi connectivity index (χ3v) is 3.84. The quantitative estimate of drug-likeness (QED) is 0.869. The molecule has 1 nitrogen and oxygen atoms in total. The lowest BCUT2D eigenvalue weighted by Crippen LogP contribution is -2.00. The van der Waals surface area contributed by atoms with E-state index in [4.69, 9.17) is 0 Å². The molecule has 2 heteroatoms. The molecule has 0 aliphatic heterocycles. The first-order valence-electron chi connectivity index (χ1n) is 6.22. The fraction of sp³-hybridized carbons (Fsp3) is 0.250. The molecular weight excluding hydrogens is 240 g/mol. The average molecular weight is 258 g/mol. The van der Waals surface area contributed by atoms with Crippen molar-refractivity contribution in [3.8, 4) is 11.1 Å². The average Bonchev–Trinajstić information content (AvgIpc) is 2.46. The van der Waals surface area contributed by atoms with Gasteiger partial charge < -0.3 is 5.11 Å². The van der Waals surface area contributed by atoms with Crippen LogP contribution in [0.5, 0.6) is 0 Å². The third kappa shape index (κ3) is 3.37. The van der Waals surface area contributed by atoms with Crippen molar-refractivity contribution < 1.29 is 5.11 Å². The molecule has 0 aliphatic rings. The van der Waals surface area contributed by atoms with Crippen LogP contribution in [0.1, 0.15) is 18.6 Å². The van der Waals surface area contributed by atoms with Crippen LogP contribution in [0, 0.1) is 0 Å². The maximum absolute atomic E-state index is 9.99. The summed E-state index contributed by atoms with van der Waals surface area (Å²) < 4.78 is 0. The minimum atomic E-state index is -0.361. The number of hydrogen-bond acceptors (Lipinski definition) is 2. The second-order valence-electron chi connectivity index (χ2n) is 4.16. The molecule has 0 heterocycles. The molecule has 1 atom stereocenters. The first kappa shape index (κ1) is 13.2. The van der Waals surface area contributed by atoms with E-state index in [9.17, 15) is 5.11 Å². The van der Waals surface area contributed by atoms with Gasteiger partial charge in [0.15, 0.2) is 0 Å². The normalized spacial score (nSPS) is 12.3. The van der Waals surface area contributed by atoms with Gasteiger partial charge >= 0.3 is 0 Å². The Bertz CT molecular complexity index is 464. The monoisotopic (exact) mass is 258 g/mol. The summed E-state index contributed by atoms with van der Waals surface area (Å²) in [7, 11) is 0. The minimum absolute atomic E-state index is 0.361. The van der Waals surface area contributed by atoms with Crippen LogP contribution < -0.4 is 0 Å². The lowest BCUT2D eigenvalue weighted by Gasteiger charge is -2.11. The van der Waals surface area contributed by atoms with E-state index < -0.39 is 0 Å². The van der Waals surface area contributed by atoms with Crippen LogP contribution in [-0.2, 0) is 0 Å². The maximum atomic E-state index is 9.99. The first-order valence-corrected chi connectivity index (χ1v) is 7.38. The Labute approximate surface area is 113 Å². The molecule has 2 aromatic rings. The number of benzene rings is 2. The van der Waals surface area contributed by atoms with Gasteiger partial charge in [0.2, 0.25) is 0 Å². The Morgan fingerprint density at radius 3 is 2.17 bits per heavy atom. The van der Waals surface area contributed by atoms with Crippen molar-refractivity contribution in [1.82, 2.24) is 0 Å². The Balaban J connectivity index is 2.10. The second kappa shape index (κ2) is 6.62. The third-order valence-electron chi connectivity index (χ3n) is 2.88. The van der Waals surface area contributed by atoms with Crippen molar-refractivity contribution in [2.45, 2.75) is 13.0 Å². The zero-order valence-electron chi connectivity index (χ0n) is 10.5. The Kier molecular flexibility index (Phi) is 4.85. The van der Waals surface area contributed by atoms with E-state index in [0.717, 1.165) is 17.1 Å². The summed E-state index contributed by atoms with van der Waals surface area (Å²) in [5.74, 6) is 1.81. The maximum Gasteiger partial charge on any atom is 0.0880 e. The molecule has 94 valence electrons. The molecule has 0 bridgehead atoms. The van der Waals surface area contributed by atoms with Crippen LogP contribution in [0.3, 0.4) is 0 Å². The van der Waals surface area contributed by atoms with Gasteiger partial charge in [-0.2, -0.15) is 11.8 Å². The number of thioether (sulfide) groups is 1. The van der Waals surface area contributed by atoms with Crippen LogP contribution in [0.25, 0.3) is 11.1 Å². The molecule has 0 saturated carbocycles. The lowest BCUT2D eigenvalue weighted by molar-refractivity contribution is 0.204. The Morgan fingerprint density at radius 2 is 1.56 bits per heavy atom. The van der Waals surface area contributed by atoms with E-state index in [1.54, 1.807) is 11.8 Å². The topological polar surface area (TPSA) is 20.2 Å². The molecule has 0 aliphatic carbocycles. The number of aliphatic hydroxyl groups excluding tert-OH is 1.